The van der Waals surface area contributed by atoms with Crippen LogP contribution < -0.4 is 22.1 Å². The fraction of sp³-hybridized carbons (Fsp3) is 0.467. The molecular weight excluding hydrogens is 1070 g/mol. The first-order valence-corrected chi connectivity index (χ1v) is 26.3. The maximum Gasteiger partial charge on any atom is 0.347 e. The second-order valence-corrected chi connectivity index (χ2v) is 22.9. The van der Waals surface area contributed by atoms with E-state index in [1.807, 2.05) is 82.0 Å². The Morgan fingerprint density at radius 3 is 1.17 bits per heavy atom. The molecule has 0 radical (unpaired) electrons. The molecule has 0 aromatic carbocycles. The summed E-state index contributed by atoms with van der Waals surface area (Å²) in [5.74, 6) is 2.16. The largest absolute Gasteiger partial charge is 0.477 e. The lowest BCUT2D eigenvalue weighted by atomic mass is 9.88. The molecule has 1 unspecified atom stereocenters. The van der Waals surface area contributed by atoms with Crippen LogP contribution in [-0.2, 0) is 16.2 Å². The van der Waals surface area contributed by atoms with Gasteiger partial charge in [0.2, 0.25) is 0 Å². The lowest BCUT2D eigenvalue weighted by molar-refractivity contribution is 0.0701. The Bertz CT molecular complexity index is 2520. The minimum Gasteiger partial charge on any atom is -0.477 e. The number of nitrogen functional groups attached to an aromatic ring is 1. The van der Waals surface area contributed by atoms with Gasteiger partial charge < -0.3 is 27.2 Å². The number of nitrogens with one attached hydrogen (secondary N) is 2. The number of carboxylic acids is 1. The normalized spacial score (nSPS) is 11.7. The van der Waals surface area contributed by atoms with Gasteiger partial charge in [-0.2, -0.15) is 0 Å². The Kier molecular flexibility index (Phi) is 23.6. The van der Waals surface area contributed by atoms with Gasteiger partial charge in [0, 0.05) is 28.5 Å². The Morgan fingerprint density at radius 2 is 0.884 bits per heavy atom. The Balaban J connectivity index is 0.000000325. The number of anilines is 3. The van der Waals surface area contributed by atoms with Crippen molar-refractivity contribution < 1.29 is 19.5 Å². The standard InChI is InChI=1S/C15H19ClN4OS.C14H18ClN5OS.C8H12ClN3.C7H9NO2S.CH3Br/c1-8(2)14-17-7-10(22-14)13(21)18-11-6-9(15(3,4)5)12(16)20-19-11;1-7(16)13-17-6-9(22-13)12(21)18-10-5-8(14(2,3)4)11(15)20-19-10;1-8(2,3)5-4-6(10)11-12-7(5)9;1-4(2)6-8-3-5(11-6)7(9)10;1-2/h6-8H,1-5H3,(H,18,19,21);5-7H,16H2,1-4H3,(H,18,19,21);4H,1-3H3,(H2,10,11);3-4H,1-2H3,(H,9,10);1H3. The summed E-state index contributed by atoms with van der Waals surface area (Å²) >= 11 is 24.8. The molecule has 0 aliphatic rings. The first-order valence-electron chi connectivity index (χ1n) is 21.1. The molecule has 0 saturated carbocycles. The first-order chi connectivity index (χ1) is 31.9. The van der Waals surface area contributed by atoms with Crippen molar-refractivity contribution in [3.05, 3.63) is 98.6 Å². The number of nitrogens with zero attached hydrogens (tertiary/aromatic N) is 9. The van der Waals surface area contributed by atoms with Crippen molar-refractivity contribution in [3.63, 3.8) is 0 Å². The van der Waals surface area contributed by atoms with E-state index in [1.54, 1.807) is 24.4 Å². The number of carbonyl (C=O) groups is 3. The van der Waals surface area contributed by atoms with E-state index >= 15 is 0 Å². The quantitative estimate of drug-likeness (QED) is 0.0887. The molecule has 376 valence electrons. The van der Waals surface area contributed by atoms with Crippen molar-refractivity contribution in [1.29, 1.82) is 0 Å². The third-order valence-corrected chi connectivity index (χ3v) is 13.4. The van der Waals surface area contributed by atoms with Crippen LogP contribution in [0.3, 0.4) is 0 Å². The minimum absolute atomic E-state index is 0.0405. The van der Waals surface area contributed by atoms with Gasteiger partial charge in [-0.15, -0.1) is 64.6 Å². The summed E-state index contributed by atoms with van der Waals surface area (Å²) in [6.07, 6.45) is 4.50. The minimum atomic E-state index is -0.894. The number of amides is 2. The number of hydrogen-bond donors (Lipinski definition) is 5. The van der Waals surface area contributed by atoms with Gasteiger partial charge in [-0.3, -0.25) is 9.59 Å². The number of alkyl halides is 1. The number of carbonyl (C=O) groups excluding carboxylic acids is 2. The molecule has 69 heavy (non-hydrogen) atoms. The molecule has 0 fully saturated rings. The second kappa shape index (κ2) is 26.7. The van der Waals surface area contributed by atoms with Gasteiger partial charge in [0.05, 0.1) is 34.6 Å². The van der Waals surface area contributed by atoms with E-state index in [-0.39, 0.29) is 34.1 Å². The summed E-state index contributed by atoms with van der Waals surface area (Å²) in [6.45, 7) is 28.2. The van der Waals surface area contributed by atoms with Crippen LogP contribution in [0.15, 0.2) is 36.8 Å². The van der Waals surface area contributed by atoms with Crippen LogP contribution in [0.4, 0.5) is 17.5 Å². The zero-order valence-corrected chi connectivity index (χ0v) is 47.6. The van der Waals surface area contributed by atoms with E-state index in [1.165, 1.54) is 46.4 Å². The topological polar surface area (TPSA) is 264 Å². The number of nitrogens with two attached hydrogens (primary N) is 2. The average Bonchev–Trinajstić information content (AvgIpc) is 4.06. The highest BCUT2D eigenvalue weighted by molar-refractivity contribution is 9.08. The number of aromatic nitrogens is 9. The van der Waals surface area contributed by atoms with E-state index in [2.05, 4.69) is 92.9 Å². The number of thiazole rings is 3. The van der Waals surface area contributed by atoms with Crippen molar-refractivity contribution in [2.75, 3.05) is 22.2 Å². The highest BCUT2D eigenvalue weighted by Gasteiger charge is 2.23. The third kappa shape index (κ3) is 19.4. The Hall–Kier alpha value is -4.35. The molecule has 6 aromatic rings. The molecule has 24 heteroatoms. The highest BCUT2D eigenvalue weighted by Crippen LogP contribution is 2.32. The monoisotopic (exact) mass is 1130 g/mol. The van der Waals surface area contributed by atoms with Gasteiger partial charge in [-0.25, -0.2) is 19.7 Å². The molecule has 0 bridgehead atoms. The fourth-order valence-corrected chi connectivity index (χ4v) is 8.59. The zero-order valence-electron chi connectivity index (χ0n) is 41.3. The molecule has 17 nitrogen and oxygen atoms in total. The van der Waals surface area contributed by atoms with Gasteiger partial charge in [-0.05, 0) is 47.2 Å². The number of hydrogen-bond acceptors (Lipinski definition) is 17. The first kappa shape index (κ1) is 60.8. The van der Waals surface area contributed by atoms with Crippen LogP contribution in [0.5, 0.6) is 0 Å². The number of carboxylic acid groups (broad SMARTS) is 1. The molecule has 1 atom stereocenters. The van der Waals surface area contributed by atoms with Crippen LogP contribution in [0, 0.1) is 0 Å². The second-order valence-electron chi connectivity index (χ2n) is 18.6. The van der Waals surface area contributed by atoms with Crippen molar-refractivity contribution in [2.45, 2.75) is 131 Å². The van der Waals surface area contributed by atoms with Crippen molar-refractivity contribution >= 4 is 120 Å². The predicted molar refractivity (Wildman–Crippen MR) is 286 cm³/mol. The van der Waals surface area contributed by atoms with Gasteiger partial charge in [0.25, 0.3) is 11.8 Å². The van der Waals surface area contributed by atoms with Gasteiger partial charge in [0.1, 0.15) is 25.5 Å². The third-order valence-electron chi connectivity index (χ3n) is 8.78. The summed E-state index contributed by atoms with van der Waals surface area (Å²) in [6, 6.07) is 5.06. The van der Waals surface area contributed by atoms with E-state index in [0.29, 0.717) is 64.4 Å². The number of aromatic carboxylic acids is 1. The average molecular weight is 1130 g/mol. The summed E-state index contributed by atoms with van der Waals surface area (Å²) in [5, 5.41) is 40.7. The van der Waals surface area contributed by atoms with Crippen LogP contribution in [0.1, 0.15) is 176 Å². The summed E-state index contributed by atoms with van der Waals surface area (Å²) in [4.78, 5) is 48.6. The highest BCUT2D eigenvalue weighted by atomic mass is 79.9. The van der Waals surface area contributed by atoms with Gasteiger partial charge in [0.15, 0.2) is 27.1 Å². The zero-order chi connectivity index (χ0) is 52.8. The van der Waals surface area contributed by atoms with Crippen LogP contribution >= 0.6 is 84.7 Å². The van der Waals surface area contributed by atoms with Crippen molar-refractivity contribution in [3.8, 4) is 0 Å². The predicted octanol–water partition coefficient (Wildman–Crippen LogP) is 12.4. The van der Waals surface area contributed by atoms with Crippen LogP contribution in [0.25, 0.3) is 0 Å². The van der Waals surface area contributed by atoms with Gasteiger partial charge >= 0.3 is 5.97 Å². The smallest absolute Gasteiger partial charge is 0.347 e. The number of halogens is 4. The molecule has 6 heterocycles. The summed E-state index contributed by atoms with van der Waals surface area (Å²) in [7, 11) is 0. The molecule has 6 rings (SSSR count). The lowest BCUT2D eigenvalue weighted by Gasteiger charge is -2.20. The molecule has 2 amide bonds. The van der Waals surface area contributed by atoms with E-state index in [4.69, 9.17) is 51.4 Å². The molecule has 0 saturated heterocycles. The van der Waals surface area contributed by atoms with Crippen LogP contribution in [0.2, 0.25) is 15.5 Å². The summed E-state index contributed by atoms with van der Waals surface area (Å²) in [5.41, 5.74) is 13.4. The van der Waals surface area contributed by atoms with E-state index in [9.17, 15) is 14.4 Å². The summed E-state index contributed by atoms with van der Waals surface area (Å²) < 4.78 is 0. The van der Waals surface area contributed by atoms with E-state index < -0.39 is 5.97 Å². The number of rotatable bonds is 8. The lowest BCUT2D eigenvalue weighted by Crippen LogP contribution is -2.17. The SMILES string of the molecule is CBr.CC(C)(C)c1cc(N)nnc1Cl.CC(C)c1ncc(C(=O)Nc2cc(C(C)(C)C)c(Cl)nn2)s1.CC(C)c1ncc(C(=O)O)s1.CC(N)c1ncc(C(=O)Nc2cc(C(C)(C)C)c(Cl)nn2)s1. The maximum absolute atomic E-state index is 12.3. The van der Waals surface area contributed by atoms with Crippen molar-refractivity contribution in [2.24, 2.45) is 5.73 Å². The van der Waals surface area contributed by atoms with Crippen molar-refractivity contribution in [1.82, 2.24) is 45.5 Å². The molecule has 0 aliphatic heterocycles. The molecule has 7 N–H and O–H groups in total. The molecular formula is C45H61BrCl3N13O4S3. The van der Waals surface area contributed by atoms with Gasteiger partial charge in [-0.1, -0.05) is 141 Å². The fourth-order valence-electron chi connectivity index (χ4n) is 5.12. The Morgan fingerprint density at radius 1 is 0.565 bits per heavy atom. The van der Waals surface area contributed by atoms with Crippen LogP contribution in [-0.4, -0.2) is 74.3 Å². The molecule has 0 aliphatic carbocycles. The van der Waals surface area contributed by atoms with E-state index in [0.717, 1.165) is 26.7 Å². The molecule has 0 spiro atoms. The maximum atomic E-state index is 12.3. The Labute approximate surface area is 439 Å². The molecule has 6 aromatic heterocycles.